The van der Waals surface area contributed by atoms with Gasteiger partial charge in [-0.05, 0) is 19.4 Å². The Hall–Kier alpha value is -3.16. The summed E-state index contributed by atoms with van der Waals surface area (Å²) in [5.41, 5.74) is 2.13. The molecule has 0 aliphatic carbocycles. The molecule has 2 aromatic heterocycles. The number of benzene rings is 1. The third kappa shape index (κ3) is 4.72. The van der Waals surface area contributed by atoms with Crippen LogP contribution in [0.1, 0.15) is 25.5 Å². The fraction of sp³-hybridized carbons (Fsp3) is 0.368. The minimum absolute atomic E-state index is 0.480. The molecule has 142 valence electrons. The molecule has 0 saturated carbocycles. The van der Waals surface area contributed by atoms with Crippen molar-refractivity contribution in [3.8, 4) is 11.3 Å². The highest BCUT2D eigenvalue weighted by atomic mass is 15.3. The third-order valence-electron chi connectivity index (χ3n) is 4.20. The number of aryl methyl sites for hydroxylation is 1. The molecule has 27 heavy (non-hydrogen) atoms. The zero-order chi connectivity index (χ0) is 19.1. The van der Waals surface area contributed by atoms with E-state index in [2.05, 4.69) is 51.5 Å². The molecule has 0 bridgehead atoms. The van der Waals surface area contributed by atoms with Crippen LogP contribution in [0.15, 0.2) is 47.8 Å². The Morgan fingerprint density at radius 3 is 2.81 bits per heavy atom. The number of H-pyrrole nitrogens is 1. The maximum Gasteiger partial charge on any atom is 0.194 e. The van der Waals surface area contributed by atoms with Gasteiger partial charge in [-0.25, -0.2) is 9.98 Å². The maximum absolute atomic E-state index is 4.69. The van der Waals surface area contributed by atoms with E-state index in [4.69, 9.17) is 4.99 Å². The summed E-state index contributed by atoms with van der Waals surface area (Å²) >= 11 is 0. The van der Waals surface area contributed by atoms with Gasteiger partial charge in [-0.3, -0.25) is 0 Å². The molecule has 0 radical (unpaired) electrons. The fourth-order valence-electron chi connectivity index (χ4n) is 2.79. The van der Waals surface area contributed by atoms with Crippen LogP contribution in [-0.2, 0) is 19.6 Å². The minimum atomic E-state index is 0.480. The van der Waals surface area contributed by atoms with E-state index in [-0.39, 0.29) is 0 Å². The molecule has 2 heterocycles. The summed E-state index contributed by atoms with van der Waals surface area (Å²) in [5, 5.41) is 11.4. The molecule has 0 fully saturated rings. The van der Waals surface area contributed by atoms with Crippen molar-refractivity contribution < 1.29 is 0 Å². The smallest absolute Gasteiger partial charge is 0.194 e. The van der Waals surface area contributed by atoms with Crippen LogP contribution >= 0.6 is 0 Å². The van der Waals surface area contributed by atoms with Gasteiger partial charge in [-0.1, -0.05) is 30.3 Å². The molecule has 0 spiro atoms. The summed E-state index contributed by atoms with van der Waals surface area (Å²) < 4.78 is 1.99. The highest BCUT2D eigenvalue weighted by molar-refractivity contribution is 5.79. The summed E-state index contributed by atoms with van der Waals surface area (Å²) in [6, 6.07) is 10.2. The van der Waals surface area contributed by atoms with Crippen LogP contribution in [0.3, 0.4) is 0 Å². The van der Waals surface area contributed by atoms with E-state index in [9.17, 15) is 0 Å². The van der Waals surface area contributed by atoms with Crippen molar-refractivity contribution in [2.24, 2.45) is 4.99 Å². The predicted octanol–water partition coefficient (Wildman–Crippen LogP) is 2.29. The van der Waals surface area contributed by atoms with Crippen LogP contribution < -0.4 is 5.32 Å². The van der Waals surface area contributed by atoms with Crippen molar-refractivity contribution in [2.45, 2.75) is 33.5 Å². The van der Waals surface area contributed by atoms with Gasteiger partial charge in [0.05, 0.1) is 18.4 Å². The molecule has 8 heteroatoms. The molecule has 0 saturated heterocycles. The number of guanidine groups is 1. The number of aromatic nitrogens is 5. The molecule has 0 amide bonds. The number of nitrogens with zero attached hydrogens (tertiary/aromatic N) is 6. The van der Waals surface area contributed by atoms with E-state index in [1.165, 1.54) is 0 Å². The van der Waals surface area contributed by atoms with Crippen LogP contribution in [0.2, 0.25) is 0 Å². The Balaban J connectivity index is 1.69. The lowest BCUT2D eigenvalue weighted by Gasteiger charge is -2.21. The lowest BCUT2D eigenvalue weighted by molar-refractivity contribution is 0.463. The number of aromatic amines is 1. The highest BCUT2D eigenvalue weighted by Crippen LogP contribution is 2.16. The summed E-state index contributed by atoms with van der Waals surface area (Å²) in [5.74, 6) is 2.55. The monoisotopic (exact) mass is 366 g/mol. The molecular formula is C19H26N8. The second kappa shape index (κ2) is 8.98. The van der Waals surface area contributed by atoms with Crippen molar-refractivity contribution in [3.05, 3.63) is 54.5 Å². The first-order chi connectivity index (χ1) is 13.2. The van der Waals surface area contributed by atoms with Crippen molar-refractivity contribution in [3.63, 3.8) is 0 Å². The SMILES string of the molecule is CCNC(=NCc1nncn1CC)N(C)Cc1ncc(-c2ccccc2)[nH]1. The van der Waals surface area contributed by atoms with Crippen LogP contribution in [0.5, 0.6) is 0 Å². The van der Waals surface area contributed by atoms with Crippen LogP contribution in [0.25, 0.3) is 11.3 Å². The summed E-state index contributed by atoms with van der Waals surface area (Å²) in [7, 11) is 2.00. The summed E-state index contributed by atoms with van der Waals surface area (Å²) in [6.07, 6.45) is 3.60. The minimum Gasteiger partial charge on any atom is -0.357 e. The molecule has 3 rings (SSSR count). The average Bonchev–Trinajstić information content (AvgIpc) is 3.34. The van der Waals surface area contributed by atoms with Crippen molar-refractivity contribution >= 4 is 5.96 Å². The van der Waals surface area contributed by atoms with E-state index >= 15 is 0 Å². The number of nitrogens with one attached hydrogen (secondary N) is 2. The first-order valence-electron chi connectivity index (χ1n) is 9.16. The molecule has 3 aromatic rings. The van der Waals surface area contributed by atoms with Gasteiger partial charge in [0.15, 0.2) is 11.8 Å². The van der Waals surface area contributed by atoms with Gasteiger partial charge >= 0.3 is 0 Å². The largest absolute Gasteiger partial charge is 0.357 e. The fourth-order valence-corrected chi connectivity index (χ4v) is 2.79. The van der Waals surface area contributed by atoms with E-state index in [1.54, 1.807) is 6.33 Å². The number of aliphatic imine (C=N–C) groups is 1. The first kappa shape index (κ1) is 18.6. The first-order valence-corrected chi connectivity index (χ1v) is 9.16. The Labute approximate surface area is 159 Å². The number of rotatable bonds is 7. The Kier molecular flexibility index (Phi) is 6.19. The molecule has 2 N–H and O–H groups in total. The van der Waals surface area contributed by atoms with E-state index in [0.717, 1.165) is 42.0 Å². The zero-order valence-corrected chi connectivity index (χ0v) is 16.1. The van der Waals surface area contributed by atoms with Gasteiger partial charge in [0.25, 0.3) is 0 Å². The topological polar surface area (TPSA) is 87.0 Å². The maximum atomic E-state index is 4.69. The standard InChI is InChI=1S/C19H26N8/c1-4-20-19(22-12-18-25-23-14-27(18)5-2)26(3)13-17-21-11-16(24-17)15-9-7-6-8-10-15/h6-11,14H,4-5,12-13H2,1-3H3,(H,20,22)(H,21,24). The Bertz CT molecular complexity index is 865. The quantitative estimate of drug-likeness (QED) is 0.495. The molecule has 1 aromatic carbocycles. The summed E-state index contributed by atoms with van der Waals surface area (Å²) in [6.45, 7) is 6.84. The van der Waals surface area contributed by atoms with Crippen molar-refractivity contribution in [1.29, 1.82) is 0 Å². The lowest BCUT2D eigenvalue weighted by Crippen LogP contribution is -2.38. The van der Waals surface area contributed by atoms with Gasteiger partial charge in [0.1, 0.15) is 18.7 Å². The second-order valence-corrected chi connectivity index (χ2v) is 6.17. The average molecular weight is 366 g/mol. The van der Waals surface area contributed by atoms with Gasteiger partial charge in [0.2, 0.25) is 0 Å². The van der Waals surface area contributed by atoms with Gasteiger partial charge in [0, 0.05) is 20.1 Å². The molecule has 0 unspecified atom stereocenters. The molecule has 0 atom stereocenters. The van der Waals surface area contributed by atoms with Gasteiger partial charge in [-0.2, -0.15) is 0 Å². The molecule has 0 aliphatic heterocycles. The van der Waals surface area contributed by atoms with E-state index in [1.807, 2.05) is 40.9 Å². The predicted molar refractivity (Wildman–Crippen MR) is 106 cm³/mol. The third-order valence-corrected chi connectivity index (χ3v) is 4.20. The van der Waals surface area contributed by atoms with Crippen LogP contribution in [0.4, 0.5) is 0 Å². The van der Waals surface area contributed by atoms with Crippen molar-refractivity contribution in [2.75, 3.05) is 13.6 Å². The van der Waals surface area contributed by atoms with Crippen LogP contribution in [0, 0.1) is 0 Å². The number of hydrogen-bond donors (Lipinski definition) is 2. The summed E-state index contributed by atoms with van der Waals surface area (Å²) in [4.78, 5) is 14.6. The highest BCUT2D eigenvalue weighted by Gasteiger charge is 2.11. The Morgan fingerprint density at radius 1 is 1.26 bits per heavy atom. The molecule has 0 aliphatic rings. The normalized spacial score (nSPS) is 11.6. The molecular weight excluding hydrogens is 340 g/mol. The van der Waals surface area contributed by atoms with E-state index in [0.29, 0.717) is 13.1 Å². The zero-order valence-electron chi connectivity index (χ0n) is 16.1. The number of hydrogen-bond acceptors (Lipinski definition) is 4. The number of imidazole rings is 1. The van der Waals surface area contributed by atoms with Crippen LogP contribution in [-0.4, -0.2) is 49.2 Å². The van der Waals surface area contributed by atoms with Gasteiger partial charge < -0.3 is 19.8 Å². The second-order valence-electron chi connectivity index (χ2n) is 6.17. The van der Waals surface area contributed by atoms with Gasteiger partial charge in [-0.15, -0.1) is 10.2 Å². The molecule has 8 nitrogen and oxygen atoms in total. The van der Waals surface area contributed by atoms with E-state index < -0.39 is 0 Å². The Morgan fingerprint density at radius 2 is 2.07 bits per heavy atom. The van der Waals surface area contributed by atoms with Crippen molar-refractivity contribution in [1.82, 2.24) is 34.9 Å². The lowest BCUT2D eigenvalue weighted by atomic mass is 10.2.